The molecule has 1 saturated heterocycles. The van der Waals surface area contributed by atoms with Crippen LogP contribution in [0, 0.1) is 6.92 Å². The van der Waals surface area contributed by atoms with Gasteiger partial charge >= 0.3 is 0 Å². The Bertz CT molecular complexity index is 771. The van der Waals surface area contributed by atoms with E-state index in [1.165, 1.54) is 11.1 Å². The summed E-state index contributed by atoms with van der Waals surface area (Å²) in [5.41, 5.74) is 2.38. The minimum atomic E-state index is 0.0875. The van der Waals surface area contributed by atoms with Crippen molar-refractivity contribution in [1.82, 2.24) is 15.1 Å². The van der Waals surface area contributed by atoms with Crippen LogP contribution in [0.1, 0.15) is 11.1 Å². The van der Waals surface area contributed by atoms with Crippen LogP contribution < -0.4 is 14.8 Å². The normalized spacial score (nSPS) is 15.1. The molecule has 1 heterocycles. The average molecular weight is 398 g/mol. The highest BCUT2D eigenvalue weighted by molar-refractivity contribution is 5.78. The lowest BCUT2D eigenvalue weighted by molar-refractivity contribution is -0.122. The Labute approximate surface area is 173 Å². The van der Waals surface area contributed by atoms with Gasteiger partial charge in [0.05, 0.1) is 13.7 Å². The van der Waals surface area contributed by atoms with Crippen LogP contribution in [0.4, 0.5) is 0 Å². The molecule has 1 aliphatic rings. The molecule has 6 nitrogen and oxygen atoms in total. The minimum absolute atomic E-state index is 0.0875. The van der Waals surface area contributed by atoms with Gasteiger partial charge in [-0.15, -0.1) is 0 Å². The van der Waals surface area contributed by atoms with E-state index >= 15 is 0 Å². The maximum atomic E-state index is 12.3. The van der Waals surface area contributed by atoms with Gasteiger partial charge in [-0.1, -0.05) is 24.3 Å². The molecule has 0 bridgehead atoms. The first-order valence-corrected chi connectivity index (χ1v) is 10.2. The maximum absolute atomic E-state index is 12.3. The second-order valence-corrected chi connectivity index (χ2v) is 7.34. The summed E-state index contributed by atoms with van der Waals surface area (Å²) in [5, 5.41) is 3.04. The third kappa shape index (κ3) is 6.76. The lowest BCUT2D eigenvalue weighted by Crippen LogP contribution is -2.50. The summed E-state index contributed by atoms with van der Waals surface area (Å²) < 4.78 is 11.0. The summed E-state index contributed by atoms with van der Waals surface area (Å²) >= 11 is 0. The van der Waals surface area contributed by atoms with Crippen molar-refractivity contribution in [2.24, 2.45) is 0 Å². The van der Waals surface area contributed by atoms with Gasteiger partial charge in [0.15, 0.2) is 0 Å². The van der Waals surface area contributed by atoms with Gasteiger partial charge in [0.2, 0.25) is 5.91 Å². The molecular formula is C23H31N3O3. The molecule has 1 N–H and O–H groups in total. The van der Waals surface area contributed by atoms with E-state index in [4.69, 9.17) is 9.47 Å². The molecular weight excluding hydrogens is 366 g/mol. The van der Waals surface area contributed by atoms with Gasteiger partial charge in [0.1, 0.15) is 18.1 Å². The Kier molecular flexibility index (Phi) is 7.90. The first-order valence-electron chi connectivity index (χ1n) is 10.2. The molecule has 1 amide bonds. The Balaban J connectivity index is 1.30. The van der Waals surface area contributed by atoms with Crippen molar-refractivity contribution in [1.29, 1.82) is 0 Å². The van der Waals surface area contributed by atoms with Crippen LogP contribution in [0.2, 0.25) is 0 Å². The van der Waals surface area contributed by atoms with E-state index in [-0.39, 0.29) is 5.91 Å². The number of rotatable bonds is 9. The first kappa shape index (κ1) is 21.1. The third-order valence-electron chi connectivity index (χ3n) is 5.31. The molecule has 2 aromatic carbocycles. The zero-order valence-corrected chi connectivity index (χ0v) is 17.4. The van der Waals surface area contributed by atoms with Crippen molar-refractivity contribution in [2.75, 3.05) is 53.0 Å². The molecule has 29 heavy (non-hydrogen) atoms. The summed E-state index contributed by atoms with van der Waals surface area (Å²) in [6.45, 7) is 8.38. The molecule has 2 aromatic rings. The fourth-order valence-electron chi connectivity index (χ4n) is 3.40. The van der Waals surface area contributed by atoms with Crippen LogP contribution in [0.15, 0.2) is 48.5 Å². The Morgan fingerprint density at radius 1 is 0.966 bits per heavy atom. The van der Waals surface area contributed by atoms with Gasteiger partial charge in [-0.2, -0.15) is 0 Å². The molecule has 0 saturated carbocycles. The topological polar surface area (TPSA) is 54.0 Å². The van der Waals surface area contributed by atoms with Gasteiger partial charge in [-0.05, 0) is 42.3 Å². The number of hydrogen-bond acceptors (Lipinski definition) is 5. The molecule has 1 aliphatic heterocycles. The van der Waals surface area contributed by atoms with Crippen molar-refractivity contribution >= 4 is 5.91 Å². The number of hydrogen-bond donors (Lipinski definition) is 1. The van der Waals surface area contributed by atoms with Crippen molar-refractivity contribution in [2.45, 2.75) is 13.5 Å². The molecule has 0 spiro atoms. The Hall–Kier alpha value is -2.57. The average Bonchev–Trinajstić information content (AvgIpc) is 2.75. The molecule has 156 valence electrons. The van der Waals surface area contributed by atoms with E-state index in [0.29, 0.717) is 19.7 Å². The fourth-order valence-corrected chi connectivity index (χ4v) is 3.40. The molecule has 1 fully saturated rings. The third-order valence-corrected chi connectivity index (χ3v) is 5.31. The van der Waals surface area contributed by atoms with Crippen LogP contribution in [0.5, 0.6) is 11.5 Å². The predicted octanol–water partition coefficient (Wildman–Crippen LogP) is 2.32. The minimum Gasteiger partial charge on any atom is -0.497 e. The van der Waals surface area contributed by atoms with Gasteiger partial charge in [-0.25, -0.2) is 0 Å². The van der Waals surface area contributed by atoms with Crippen LogP contribution in [0.25, 0.3) is 0 Å². The summed E-state index contributed by atoms with van der Waals surface area (Å²) in [4.78, 5) is 16.9. The highest BCUT2D eigenvalue weighted by Crippen LogP contribution is 2.17. The highest BCUT2D eigenvalue weighted by atomic mass is 16.5. The maximum Gasteiger partial charge on any atom is 0.234 e. The number of carbonyl (C=O) groups is 1. The quantitative estimate of drug-likeness (QED) is 0.704. The smallest absolute Gasteiger partial charge is 0.234 e. The summed E-state index contributed by atoms with van der Waals surface area (Å²) in [6.07, 6.45) is 0. The predicted molar refractivity (Wildman–Crippen MR) is 114 cm³/mol. The second kappa shape index (κ2) is 10.8. The van der Waals surface area contributed by atoms with Crippen LogP contribution in [-0.4, -0.2) is 68.7 Å². The number of carbonyl (C=O) groups excluding carboxylic acids is 1. The van der Waals surface area contributed by atoms with E-state index in [2.05, 4.69) is 34.2 Å². The fraction of sp³-hybridized carbons (Fsp3) is 0.435. The van der Waals surface area contributed by atoms with Crippen molar-refractivity contribution in [3.05, 3.63) is 59.7 Å². The van der Waals surface area contributed by atoms with Gasteiger partial charge in [0.25, 0.3) is 0 Å². The zero-order valence-electron chi connectivity index (χ0n) is 17.4. The van der Waals surface area contributed by atoms with Gasteiger partial charge in [-0.3, -0.25) is 14.6 Å². The number of nitrogens with one attached hydrogen (secondary N) is 1. The standard InChI is InChI=1S/C23H31N3O3/c1-19-5-3-4-6-20(19)17-24-23(27)18-26-13-11-25(12-14-26)15-16-29-22-9-7-21(28-2)8-10-22/h3-10H,11-18H2,1-2H3,(H,24,27). The Morgan fingerprint density at radius 3 is 2.31 bits per heavy atom. The van der Waals surface area contributed by atoms with Gasteiger partial charge < -0.3 is 14.8 Å². The summed E-state index contributed by atoms with van der Waals surface area (Å²) in [6, 6.07) is 15.8. The number of methoxy groups -OCH3 is 1. The molecule has 0 unspecified atom stereocenters. The van der Waals surface area contributed by atoms with E-state index < -0.39 is 0 Å². The monoisotopic (exact) mass is 397 g/mol. The molecule has 0 aliphatic carbocycles. The SMILES string of the molecule is COc1ccc(OCCN2CCN(CC(=O)NCc3ccccc3C)CC2)cc1. The molecule has 0 atom stereocenters. The largest absolute Gasteiger partial charge is 0.497 e. The first-order chi connectivity index (χ1) is 14.1. The summed E-state index contributed by atoms with van der Waals surface area (Å²) in [5.74, 6) is 1.77. The number of benzene rings is 2. The van der Waals surface area contributed by atoms with Crippen molar-refractivity contribution in [3.63, 3.8) is 0 Å². The second-order valence-electron chi connectivity index (χ2n) is 7.34. The van der Waals surface area contributed by atoms with E-state index in [9.17, 15) is 4.79 Å². The molecule has 0 aromatic heterocycles. The van der Waals surface area contributed by atoms with Crippen LogP contribution in [0.3, 0.4) is 0 Å². The van der Waals surface area contributed by atoms with Gasteiger partial charge in [0, 0.05) is 39.3 Å². The number of amides is 1. The summed E-state index contributed by atoms with van der Waals surface area (Å²) in [7, 11) is 1.66. The number of nitrogens with zero attached hydrogens (tertiary/aromatic N) is 2. The lowest BCUT2D eigenvalue weighted by atomic mass is 10.1. The van der Waals surface area contributed by atoms with E-state index in [1.54, 1.807) is 7.11 Å². The van der Waals surface area contributed by atoms with E-state index in [1.807, 2.05) is 36.4 Å². The zero-order chi connectivity index (χ0) is 20.5. The van der Waals surface area contributed by atoms with Crippen LogP contribution in [-0.2, 0) is 11.3 Å². The van der Waals surface area contributed by atoms with Crippen LogP contribution >= 0.6 is 0 Å². The highest BCUT2D eigenvalue weighted by Gasteiger charge is 2.18. The lowest BCUT2D eigenvalue weighted by Gasteiger charge is -2.34. The number of ether oxygens (including phenoxy) is 2. The number of piperazine rings is 1. The van der Waals surface area contributed by atoms with Crippen molar-refractivity contribution in [3.8, 4) is 11.5 Å². The number of aryl methyl sites for hydroxylation is 1. The molecule has 0 radical (unpaired) electrons. The van der Waals surface area contributed by atoms with E-state index in [0.717, 1.165) is 44.2 Å². The molecule has 3 rings (SSSR count). The Morgan fingerprint density at radius 2 is 1.62 bits per heavy atom. The molecule has 6 heteroatoms. The van der Waals surface area contributed by atoms with Crippen molar-refractivity contribution < 1.29 is 14.3 Å².